The molecule has 1 saturated heterocycles. The average Bonchev–Trinajstić information content (AvgIpc) is 3.20. The number of ketones is 1. The van der Waals surface area contributed by atoms with Gasteiger partial charge in [0.2, 0.25) is 0 Å². The van der Waals surface area contributed by atoms with Gasteiger partial charge in [0.05, 0.1) is 5.69 Å². The molecule has 1 aliphatic heterocycles. The van der Waals surface area contributed by atoms with Crippen LogP contribution in [-0.2, 0) is 4.74 Å². The molecule has 84 valence electrons. The van der Waals surface area contributed by atoms with Crippen molar-refractivity contribution in [2.24, 2.45) is 0 Å². The van der Waals surface area contributed by atoms with Gasteiger partial charge in [-0.1, -0.05) is 36.4 Å². The summed E-state index contributed by atoms with van der Waals surface area (Å²) >= 11 is 0. The Labute approximate surface area is 99.1 Å². The average molecular weight is 225 g/mol. The fraction of sp³-hybridized carbons (Fsp3) is 0.143. The van der Waals surface area contributed by atoms with Crippen LogP contribution in [0.4, 0.5) is 0 Å². The number of nitrogens with zero attached hydrogens (tertiary/aromatic N) is 1. The van der Waals surface area contributed by atoms with E-state index < -0.39 is 0 Å². The molecule has 1 fully saturated rings. The lowest BCUT2D eigenvalue weighted by Crippen LogP contribution is -2.08. The molecular weight excluding hydrogens is 214 g/mol. The van der Waals surface area contributed by atoms with Gasteiger partial charge < -0.3 is 4.74 Å². The fourth-order valence-corrected chi connectivity index (χ4v) is 1.85. The molecule has 3 rings (SSSR count). The largest absolute Gasteiger partial charge is 0.354 e. The number of hydrogen-bond donors (Lipinski definition) is 0. The van der Waals surface area contributed by atoms with Crippen LogP contribution in [0.1, 0.15) is 22.2 Å². The van der Waals surface area contributed by atoms with Crippen molar-refractivity contribution in [2.75, 3.05) is 0 Å². The molecule has 0 amide bonds. The van der Waals surface area contributed by atoms with Crippen molar-refractivity contribution in [1.29, 1.82) is 0 Å². The first kappa shape index (κ1) is 10.2. The van der Waals surface area contributed by atoms with Crippen LogP contribution in [0.5, 0.6) is 0 Å². The molecule has 0 saturated carbocycles. The maximum Gasteiger partial charge on any atom is 0.194 e. The van der Waals surface area contributed by atoms with Gasteiger partial charge in [0.25, 0.3) is 0 Å². The molecule has 0 bridgehead atoms. The summed E-state index contributed by atoms with van der Waals surface area (Å²) in [6, 6.07) is 14.8. The summed E-state index contributed by atoms with van der Waals surface area (Å²) in [5, 5.41) is 0. The van der Waals surface area contributed by atoms with Crippen LogP contribution in [0, 0.1) is 0 Å². The van der Waals surface area contributed by atoms with Crippen LogP contribution in [0.25, 0.3) is 0 Å². The van der Waals surface area contributed by atoms with Gasteiger partial charge >= 0.3 is 0 Å². The number of pyridine rings is 1. The third kappa shape index (κ3) is 1.97. The summed E-state index contributed by atoms with van der Waals surface area (Å²) in [6.07, 6.45) is 1.16. The molecule has 2 heterocycles. The number of Topliss-reactive ketones (excluding diaryl/α,β-unsaturated/α-hetero) is 1. The van der Waals surface area contributed by atoms with Gasteiger partial charge in [-0.25, -0.2) is 0 Å². The van der Waals surface area contributed by atoms with Crippen molar-refractivity contribution in [2.45, 2.75) is 12.2 Å². The van der Waals surface area contributed by atoms with Gasteiger partial charge in [-0.3, -0.25) is 9.78 Å². The van der Waals surface area contributed by atoms with Crippen molar-refractivity contribution < 1.29 is 9.53 Å². The normalized spacial score (nSPS) is 22.1. The van der Waals surface area contributed by atoms with E-state index in [0.717, 1.165) is 5.69 Å². The molecule has 0 unspecified atom stereocenters. The minimum Gasteiger partial charge on any atom is -0.354 e. The van der Waals surface area contributed by atoms with Crippen molar-refractivity contribution >= 4 is 5.78 Å². The Kier molecular flexibility index (Phi) is 2.46. The van der Waals surface area contributed by atoms with E-state index in [1.54, 1.807) is 18.3 Å². The second kappa shape index (κ2) is 4.11. The number of epoxide rings is 1. The number of benzene rings is 1. The minimum absolute atomic E-state index is 0.0289. The molecule has 0 spiro atoms. The highest BCUT2D eigenvalue weighted by Gasteiger charge is 2.46. The van der Waals surface area contributed by atoms with Gasteiger partial charge in [0, 0.05) is 11.8 Å². The lowest BCUT2D eigenvalue weighted by atomic mass is 10.1. The van der Waals surface area contributed by atoms with Crippen LogP contribution >= 0.6 is 0 Å². The highest BCUT2D eigenvalue weighted by atomic mass is 16.6. The zero-order valence-electron chi connectivity index (χ0n) is 9.11. The number of carbonyl (C=O) groups is 1. The molecule has 17 heavy (non-hydrogen) atoms. The lowest BCUT2D eigenvalue weighted by Gasteiger charge is -1.96. The Morgan fingerprint density at radius 3 is 2.53 bits per heavy atom. The Hall–Kier alpha value is -2.00. The van der Waals surface area contributed by atoms with E-state index in [0.29, 0.717) is 5.56 Å². The molecule has 2 aromatic rings. The Morgan fingerprint density at radius 1 is 1.06 bits per heavy atom. The minimum atomic E-state index is -0.368. The summed E-state index contributed by atoms with van der Waals surface area (Å²) in [4.78, 5) is 16.2. The maximum absolute atomic E-state index is 12.0. The van der Waals surface area contributed by atoms with Gasteiger partial charge in [0.15, 0.2) is 11.9 Å². The molecule has 0 N–H and O–H groups in total. The van der Waals surface area contributed by atoms with Crippen LogP contribution in [0.2, 0.25) is 0 Å². The Balaban J connectivity index is 1.76. The summed E-state index contributed by atoms with van der Waals surface area (Å²) in [5.41, 5.74) is 1.51. The van der Waals surface area contributed by atoms with E-state index in [9.17, 15) is 4.79 Å². The lowest BCUT2D eigenvalue weighted by molar-refractivity contribution is 0.0953. The number of carbonyl (C=O) groups excluding carboxylic acids is 1. The summed E-state index contributed by atoms with van der Waals surface area (Å²) < 4.78 is 5.41. The first-order valence-electron chi connectivity index (χ1n) is 5.52. The van der Waals surface area contributed by atoms with Crippen LogP contribution < -0.4 is 0 Å². The Morgan fingerprint density at radius 2 is 1.82 bits per heavy atom. The van der Waals surface area contributed by atoms with Gasteiger partial charge in [0.1, 0.15) is 6.10 Å². The summed E-state index contributed by atoms with van der Waals surface area (Å²) in [5.74, 6) is 0.0289. The Bertz CT molecular complexity index is 524. The third-order valence-electron chi connectivity index (χ3n) is 2.79. The zero-order valence-corrected chi connectivity index (χ0v) is 9.11. The first-order chi connectivity index (χ1) is 8.36. The van der Waals surface area contributed by atoms with E-state index in [-0.39, 0.29) is 18.0 Å². The van der Waals surface area contributed by atoms with Gasteiger partial charge in [-0.2, -0.15) is 0 Å². The first-order valence-corrected chi connectivity index (χ1v) is 5.52. The molecule has 3 heteroatoms. The van der Waals surface area contributed by atoms with Crippen LogP contribution in [0.3, 0.4) is 0 Å². The SMILES string of the molecule is O=C(c1ccccc1)[C@@H]1O[C@H]1c1ccccn1. The summed E-state index contributed by atoms with van der Waals surface area (Å²) in [7, 11) is 0. The van der Waals surface area contributed by atoms with E-state index in [1.165, 1.54) is 0 Å². The highest BCUT2D eigenvalue weighted by Crippen LogP contribution is 2.39. The second-order valence-electron chi connectivity index (χ2n) is 3.96. The zero-order chi connectivity index (χ0) is 11.7. The second-order valence-corrected chi connectivity index (χ2v) is 3.96. The topological polar surface area (TPSA) is 42.5 Å². The van der Waals surface area contributed by atoms with E-state index >= 15 is 0 Å². The number of hydrogen-bond acceptors (Lipinski definition) is 3. The number of rotatable bonds is 3. The third-order valence-corrected chi connectivity index (χ3v) is 2.79. The molecule has 3 nitrogen and oxygen atoms in total. The molecule has 1 aromatic heterocycles. The fourth-order valence-electron chi connectivity index (χ4n) is 1.85. The van der Waals surface area contributed by atoms with Crippen LogP contribution in [-0.4, -0.2) is 16.9 Å². The molecule has 0 aliphatic carbocycles. The van der Waals surface area contributed by atoms with Crippen LogP contribution in [0.15, 0.2) is 54.7 Å². The van der Waals surface area contributed by atoms with E-state index in [1.807, 2.05) is 36.4 Å². The predicted octanol–water partition coefficient (Wildman–Crippen LogP) is 2.40. The van der Waals surface area contributed by atoms with Crippen molar-refractivity contribution in [3.05, 3.63) is 66.0 Å². The highest BCUT2D eigenvalue weighted by molar-refractivity contribution is 6.01. The molecule has 0 radical (unpaired) electrons. The maximum atomic E-state index is 12.0. The van der Waals surface area contributed by atoms with Gasteiger partial charge in [-0.05, 0) is 12.1 Å². The number of ether oxygens (including phenoxy) is 1. The van der Waals surface area contributed by atoms with Crippen molar-refractivity contribution in [3.8, 4) is 0 Å². The van der Waals surface area contributed by atoms with E-state index in [2.05, 4.69) is 4.98 Å². The quantitative estimate of drug-likeness (QED) is 0.595. The number of aromatic nitrogens is 1. The summed E-state index contributed by atoms with van der Waals surface area (Å²) in [6.45, 7) is 0. The smallest absolute Gasteiger partial charge is 0.194 e. The monoisotopic (exact) mass is 225 g/mol. The van der Waals surface area contributed by atoms with Crippen molar-refractivity contribution in [3.63, 3.8) is 0 Å². The molecule has 1 aliphatic rings. The molecular formula is C14H11NO2. The van der Waals surface area contributed by atoms with Crippen molar-refractivity contribution in [1.82, 2.24) is 4.98 Å². The molecule has 2 atom stereocenters. The predicted molar refractivity (Wildman–Crippen MR) is 62.6 cm³/mol. The van der Waals surface area contributed by atoms with Gasteiger partial charge in [-0.15, -0.1) is 0 Å². The van der Waals surface area contributed by atoms with E-state index in [4.69, 9.17) is 4.74 Å². The standard InChI is InChI=1S/C14H11NO2/c16-12(10-6-2-1-3-7-10)14-13(17-14)11-8-4-5-9-15-11/h1-9,13-14H/t13-,14-/m0/s1. The molecule has 1 aromatic carbocycles.